The highest BCUT2D eigenvalue weighted by Crippen LogP contribution is 2.26. The number of aromatic nitrogens is 1. The zero-order valence-electron chi connectivity index (χ0n) is 10.2. The van der Waals surface area contributed by atoms with Gasteiger partial charge in [0.2, 0.25) is 5.91 Å². The number of thioether (sulfide) groups is 1. The first-order chi connectivity index (χ1) is 8.72. The molecule has 0 unspecified atom stereocenters. The number of aliphatic carboxylic acids is 1. The lowest BCUT2D eigenvalue weighted by Gasteiger charge is -2.17. The van der Waals surface area contributed by atoms with Gasteiger partial charge in [0, 0.05) is 6.20 Å². The molecule has 0 aliphatic rings. The SMILES string of the molecule is CC(C)(SCC(=O)Nc1ncc(Cl)cc1Cl)C(=O)O. The zero-order valence-corrected chi connectivity index (χ0v) is 12.6. The zero-order chi connectivity index (χ0) is 14.6. The molecule has 1 heterocycles. The lowest BCUT2D eigenvalue weighted by atomic mass is 10.2. The molecular weight excluding hydrogens is 311 g/mol. The van der Waals surface area contributed by atoms with Crippen LogP contribution in [0.15, 0.2) is 12.3 Å². The maximum absolute atomic E-state index is 11.7. The summed E-state index contributed by atoms with van der Waals surface area (Å²) in [7, 11) is 0. The normalized spacial score (nSPS) is 11.2. The van der Waals surface area contributed by atoms with Crippen molar-refractivity contribution in [1.82, 2.24) is 4.98 Å². The molecule has 0 saturated heterocycles. The van der Waals surface area contributed by atoms with E-state index in [1.807, 2.05) is 0 Å². The summed E-state index contributed by atoms with van der Waals surface area (Å²) in [4.78, 5) is 26.4. The summed E-state index contributed by atoms with van der Waals surface area (Å²) < 4.78 is -1.03. The monoisotopic (exact) mass is 322 g/mol. The Kier molecular flexibility index (Phi) is 5.46. The Balaban J connectivity index is 2.59. The highest BCUT2D eigenvalue weighted by molar-refractivity contribution is 8.02. The lowest BCUT2D eigenvalue weighted by molar-refractivity contribution is -0.138. The van der Waals surface area contributed by atoms with Crippen molar-refractivity contribution in [2.24, 2.45) is 0 Å². The van der Waals surface area contributed by atoms with E-state index in [1.165, 1.54) is 26.1 Å². The smallest absolute Gasteiger partial charge is 0.319 e. The van der Waals surface area contributed by atoms with Crippen LogP contribution in [0.4, 0.5) is 5.82 Å². The Morgan fingerprint density at radius 1 is 1.47 bits per heavy atom. The Morgan fingerprint density at radius 2 is 2.11 bits per heavy atom. The number of carboxylic acids is 1. The van der Waals surface area contributed by atoms with Crippen molar-refractivity contribution in [3.05, 3.63) is 22.3 Å². The first kappa shape index (κ1) is 16.1. The highest BCUT2D eigenvalue weighted by Gasteiger charge is 2.28. The molecule has 0 saturated carbocycles. The molecule has 104 valence electrons. The second kappa shape index (κ2) is 6.45. The van der Waals surface area contributed by atoms with E-state index in [1.54, 1.807) is 0 Å². The van der Waals surface area contributed by atoms with E-state index < -0.39 is 10.7 Å². The second-order valence-corrected chi connectivity index (χ2v) is 6.58. The van der Waals surface area contributed by atoms with Gasteiger partial charge in [0.15, 0.2) is 5.82 Å². The molecule has 1 aromatic rings. The highest BCUT2D eigenvalue weighted by atomic mass is 35.5. The second-order valence-electron chi connectivity index (χ2n) is 4.14. The first-order valence-electron chi connectivity index (χ1n) is 5.20. The van der Waals surface area contributed by atoms with Crippen LogP contribution in [-0.2, 0) is 9.59 Å². The Bertz CT molecular complexity index is 509. The average Bonchev–Trinajstić information content (AvgIpc) is 2.30. The number of hydrogen-bond acceptors (Lipinski definition) is 4. The van der Waals surface area contributed by atoms with Gasteiger partial charge < -0.3 is 10.4 Å². The topological polar surface area (TPSA) is 79.3 Å². The van der Waals surface area contributed by atoms with Gasteiger partial charge in [0.1, 0.15) is 4.75 Å². The molecule has 1 amide bonds. The third-order valence-electron chi connectivity index (χ3n) is 2.14. The van der Waals surface area contributed by atoms with Gasteiger partial charge in [-0.05, 0) is 19.9 Å². The van der Waals surface area contributed by atoms with Crippen molar-refractivity contribution in [3.63, 3.8) is 0 Å². The van der Waals surface area contributed by atoms with Crippen molar-refractivity contribution in [2.75, 3.05) is 11.1 Å². The van der Waals surface area contributed by atoms with Gasteiger partial charge in [-0.15, -0.1) is 11.8 Å². The molecule has 0 spiro atoms. The molecule has 0 radical (unpaired) electrons. The minimum absolute atomic E-state index is 0.0140. The fraction of sp³-hybridized carbons (Fsp3) is 0.364. The molecule has 0 bridgehead atoms. The fourth-order valence-electron chi connectivity index (χ4n) is 0.982. The third-order valence-corrected chi connectivity index (χ3v) is 3.94. The number of nitrogens with zero attached hydrogens (tertiary/aromatic N) is 1. The van der Waals surface area contributed by atoms with Crippen molar-refractivity contribution >= 4 is 52.7 Å². The van der Waals surface area contributed by atoms with Crippen LogP contribution in [0.2, 0.25) is 10.0 Å². The average molecular weight is 323 g/mol. The maximum Gasteiger partial charge on any atom is 0.319 e. The predicted octanol–water partition coefficient (Wildman–Crippen LogP) is 2.92. The third kappa shape index (κ3) is 4.89. The molecule has 1 rings (SSSR count). The van der Waals surface area contributed by atoms with E-state index in [0.717, 1.165) is 11.8 Å². The number of amides is 1. The van der Waals surface area contributed by atoms with Crippen molar-refractivity contribution in [1.29, 1.82) is 0 Å². The van der Waals surface area contributed by atoms with E-state index in [9.17, 15) is 9.59 Å². The van der Waals surface area contributed by atoms with Gasteiger partial charge in [-0.3, -0.25) is 9.59 Å². The van der Waals surface area contributed by atoms with Gasteiger partial charge in [0.05, 0.1) is 15.8 Å². The summed E-state index contributed by atoms with van der Waals surface area (Å²) in [5.74, 6) is -1.17. The number of carbonyl (C=O) groups is 2. The summed E-state index contributed by atoms with van der Waals surface area (Å²) in [6.07, 6.45) is 1.36. The van der Waals surface area contributed by atoms with E-state index in [-0.39, 0.29) is 22.5 Å². The minimum Gasteiger partial charge on any atom is -0.480 e. The fourth-order valence-corrected chi connectivity index (χ4v) is 2.10. The Hall–Kier alpha value is -0.980. The van der Waals surface area contributed by atoms with E-state index >= 15 is 0 Å². The van der Waals surface area contributed by atoms with Crippen molar-refractivity contribution in [3.8, 4) is 0 Å². The van der Waals surface area contributed by atoms with E-state index in [4.69, 9.17) is 28.3 Å². The van der Waals surface area contributed by atoms with Crippen LogP contribution in [0.5, 0.6) is 0 Å². The molecule has 0 fully saturated rings. The number of anilines is 1. The molecule has 5 nitrogen and oxygen atoms in total. The van der Waals surface area contributed by atoms with Crippen LogP contribution in [0.3, 0.4) is 0 Å². The summed E-state index contributed by atoms with van der Waals surface area (Å²) in [5, 5.41) is 12.0. The molecule has 0 atom stereocenters. The molecule has 0 aliphatic carbocycles. The van der Waals surface area contributed by atoms with Gasteiger partial charge in [0.25, 0.3) is 0 Å². The summed E-state index contributed by atoms with van der Waals surface area (Å²) >= 11 is 12.5. The van der Waals surface area contributed by atoms with Crippen molar-refractivity contribution in [2.45, 2.75) is 18.6 Å². The Labute approximate surface area is 124 Å². The van der Waals surface area contributed by atoms with Gasteiger partial charge in [-0.25, -0.2) is 4.98 Å². The standard InChI is InChI=1S/C11H12Cl2N2O3S/c1-11(2,10(17)18)19-5-8(16)15-9-7(13)3-6(12)4-14-9/h3-4H,5H2,1-2H3,(H,17,18)(H,14,15,16). The van der Waals surface area contributed by atoms with Crippen LogP contribution in [0.25, 0.3) is 0 Å². The molecule has 1 aromatic heterocycles. The van der Waals surface area contributed by atoms with E-state index in [2.05, 4.69) is 10.3 Å². The van der Waals surface area contributed by atoms with Crippen LogP contribution in [0, 0.1) is 0 Å². The Morgan fingerprint density at radius 3 is 2.63 bits per heavy atom. The molecular formula is C11H12Cl2N2O3S. The number of halogens is 2. The number of hydrogen-bond donors (Lipinski definition) is 2. The maximum atomic E-state index is 11.7. The number of rotatable bonds is 5. The van der Waals surface area contributed by atoms with Crippen LogP contribution in [-0.4, -0.2) is 32.5 Å². The molecule has 8 heteroatoms. The number of nitrogens with one attached hydrogen (secondary N) is 1. The van der Waals surface area contributed by atoms with Crippen LogP contribution < -0.4 is 5.32 Å². The van der Waals surface area contributed by atoms with Gasteiger partial charge in [-0.2, -0.15) is 0 Å². The van der Waals surface area contributed by atoms with Gasteiger partial charge >= 0.3 is 5.97 Å². The number of pyridine rings is 1. The predicted molar refractivity (Wildman–Crippen MR) is 77.1 cm³/mol. The molecule has 0 aromatic carbocycles. The largest absolute Gasteiger partial charge is 0.480 e. The quantitative estimate of drug-likeness (QED) is 0.871. The minimum atomic E-state index is -1.03. The molecule has 0 aliphatic heterocycles. The first-order valence-corrected chi connectivity index (χ1v) is 6.95. The van der Waals surface area contributed by atoms with Crippen LogP contribution in [0.1, 0.15) is 13.8 Å². The summed E-state index contributed by atoms with van der Waals surface area (Å²) in [6.45, 7) is 3.06. The van der Waals surface area contributed by atoms with Gasteiger partial charge in [-0.1, -0.05) is 23.2 Å². The molecule has 19 heavy (non-hydrogen) atoms. The van der Waals surface area contributed by atoms with E-state index in [0.29, 0.717) is 5.02 Å². The van der Waals surface area contributed by atoms with Crippen LogP contribution >= 0.6 is 35.0 Å². The lowest BCUT2D eigenvalue weighted by Crippen LogP contribution is -2.29. The summed E-state index contributed by atoms with van der Waals surface area (Å²) in [6, 6.07) is 1.46. The molecule has 2 N–H and O–H groups in total. The van der Waals surface area contributed by atoms with Crippen molar-refractivity contribution < 1.29 is 14.7 Å². The summed E-state index contributed by atoms with van der Waals surface area (Å²) in [5.41, 5.74) is 0. The number of carboxylic acid groups (broad SMARTS) is 1. The number of carbonyl (C=O) groups excluding carboxylic acids is 1.